The zero-order valence-electron chi connectivity index (χ0n) is 15.5. The van der Waals surface area contributed by atoms with Crippen molar-refractivity contribution < 1.29 is 4.79 Å². The second-order valence-electron chi connectivity index (χ2n) is 6.99. The van der Waals surface area contributed by atoms with Gasteiger partial charge in [-0.05, 0) is 38.3 Å². The summed E-state index contributed by atoms with van der Waals surface area (Å²) in [6.45, 7) is 4.57. The highest BCUT2D eigenvalue weighted by molar-refractivity contribution is 8.00. The maximum Gasteiger partial charge on any atom is 0.262 e. The van der Waals surface area contributed by atoms with Gasteiger partial charge in [-0.3, -0.25) is 18.6 Å². The lowest BCUT2D eigenvalue weighted by Crippen LogP contribution is -2.32. The van der Waals surface area contributed by atoms with Crippen molar-refractivity contribution in [2.24, 2.45) is 0 Å². The molecule has 1 atom stereocenters. The van der Waals surface area contributed by atoms with Crippen molar-refractivity contribution in [3.05, 3.63) is 34.6 Å². The zero-order valence-corrected chi connectivity index (χ0v) is 16.3. The van der Waals surface area contributed by atoms with Crippen LogP contribution < -0.4 is 10.9 Å². The predicted molar refractivity (Wildman–Crippen MR) is 106 cm³/mol. The summed E-state index contributed by atoms with van der Waals surface area (Å²) in [5.74, 6) is 0.548. The maximum absolute atomic E-state index is 12.9. The fraction of sp³-hybridized carbons (Fsp3) is 0.474. The normalized spacial score (nSPS) is 15.3. The summed E-state index contributed by atoms with van der Waals surface area (Å²) in [5, 5.41) is 12.6. The molecule has 0 aliphatic heterocycles. The van der Waals surface area contributed by atoms with E-state index in [1.807, 2.05) is 35.6 Å². The van der Waals surface area contributed by atoms with E-state index in [0.29, 0.717) is 28.9 Å². The van der Waals surface area contributed by atoms with E-state index >= 15 is 0 Å². The minimum Gasteiger partial charge on any atom is -0.352 e. The summed E-state index contributed by atoms with van der Waals surface area (Å²) < 4.78 is 3.59. The molecule has 1 amide bonds. The molecule has 1 aliphatic rings. The third-order valence-corrected chi connectivity index (χ3v) is 5.83. The number of fused-ring (bicyclic) bond motifs is 3. The van der Waals surface area contributed by atoms with Crippen LogP contribution in [0.3, 0.4) is 0 Å². The van der Waals surface area contributed by atoms with Gasteiger partial charge in [0.2, 0.25) is 11.7 Å². The highest BCUT2D eigenvalue weighted by Gasteiger charge is 2.27. The van der Waals surface area contributed by atoms with Gasteiger partial charge in [-0.2, -0.15) is 0 Å². The van der Waals surface area contributed by atoms with Crippen LogP contribution in [0.1, 0.15) is 39.5 Å². The number of carbonyl (C=O) groups excluding carboxylic acids is 1. The average Bonchev–Trinajstić information content (AvgIpc) is 3.39. The maximum atomic E-state index is 12.9. The smallest absolute Gasteiger partial charge is 0.262 e. The number of aryl methyl sites for hydroxylation is 1. The summed E-state index contributed by atoms with van der Waals surface area (Å²) in [4.78, 5) is 25.3. The number of hydrogen-bond acceptors (Lipinski definition) is 5. The number of benzene rings is 1. The minimum absolute atomic E-state index is 0.0165. The molecule has 2 heterocycles. The van der Waals surface area contributed by atoms with Crippen LogP contribution in [-0.4, -0.2) is 36.4 Å². The highest BCUT2D eigenvalue weighted by Crippen LogP contribution is 2.26. The highest BCUT2D eigenvalue weighted by atomic mass is 32.2. The van der Waals surface area contributed by atoms with Gasteiger partial charge in [-0.15, -0.1) is 10.2 Å². The Morgan fingerprint density at radius 2 is 2.11 bits per heavy atom. The summed E-state index contributed by atoms with van der Waals surface area (Å²) in [7, 11) is 0. The van der Waals surface area contributed by atoms with Gasteiger partial charge in [-0.25, -0.2) is 0 Å². The van der Waals surface area contributed by atoms with E-state index in [4.69, 9.17) is 0 Å². The van der Waals surface area contributed by atoms with Crippen molar-refractivity contribution in [1.82, 2.24) is 24.5 Å². The van der Waals surface area contributed by atoms with E-state index < -0.39 is 0 Å². The first-order chi connectivity index (χ1) is 13.1. The molecule has 142 valence electrons. The number of hydrogen-bond donors (Lipinski definition) is 1. The third kappa shape index (κ3) is 3.45. The van der Waals surface area contributed by atoms with Gasteiger partial charge in [0.1, 0.15) is 0 Å². The Bertz CT molecular complexity index is 1050. The van der Waals surface area contributed by atoms with Crippen LogP contribution in [0.4, 0.5) is 0 Å². The number of rotatable bonds is 7. The number of thioether (sulfide) groups is 1. The van der Waals surface area contributed by atoms with Crippen LogP contribution in [0.15, 0.2) is 34.2 Å². The number of nitrogens with zero attached hydrogens (tertiary/aromatic N) is 4. The average molecular weight is 385 g/mol. The lowest BCUT2D eigenvalue weighted by Gasteiger charge is -2.13. The van der Waals surface area contributed by atoms with E-state index in [-0.39, 0.29) is 16.7 Å². The standard InChI is InChI=1S/C19H23N5O2S/c1-3-4-11-23-17(26)14-7-5-6-8-15(14)24-18(23)21-22-19(24)27-12(2)16(25)20-13-9-10-13/h5-8,12-13H,3-4,9-11H2,1-2H3,(H,20,25)/t12-/m1/s1. The fourth-order valence-electron chi connectivity index (χ4n) is 3.09. The summed E-state index contributed by atoms with van der Waals surface area (Å²) in [6.07, 6.45) is 4.00. The molecule has 8 heteroatoms. The Balaban J connectivity index is 1.79. The summed E-state index contributed by atoms with van der Waals surface area (Å²) >= 11 is 1.37. The van der Waals surface area contributed by atoms with Gasteiger partial charge < -0.3 is 5.32 Å². The number of nitrogens with one attached hydrogen (secondary N) is 1. The third-order valence-electron chi connectivity index (χ3n) is 4.79. The Hall–Kier alpha value is -2.35. The first-order valence-electron chi connectivity index (χ1n) is 9.44. The van der Waals surface area contributed by atoms with Crippen molar-refractivity contribution in [2.75, 3.05) is 0 Å². The van der Waals surface area contributed by atoms with Gasteiger partial charge in [-0.1, -0.05) is 37.2 Å². The van der Waals surface area contributed by atoms with Crippen molar-refractivity contribution in [3.8, 4) is 0 Å². The molecular formula is C19H23N5O2S. The molecule has 1 aromatic carbocycles. The van der Waals surface area contributed by atoms with Crippen LogP contribution in [0, 0.1) is 0 Å². The molecule has 4 rings (SSSR count). The van der Waals surface area contributed by atoms with Crippen molar-refractivity contribution in [2.45, 2.75) is 62.5 Å². The number of aromatic nitrogens is 4. The van der Waals surface area contributed by atoms with Crippen LogP contribution >= 0.6 is 11.8 Å². The molecule has 1 N–H and O–H groups in total. The molecule has 2 aromatic heterocycles. The lowest BCUT2D eigenvalue weighted by atomic mass is 10.2. The molecule has 0 bridgehead atoms. The lowest BCUT2D eigenvalue weighted by molar-refractivity contribution is -0.120. The largest absolute Gasteiger partial charge is 0.352 e. The fourth-order valence-corrected chi connectivity index (χ4v) is 3.95. The van der Waals surface area contributed by atoms with Gasteiger partial charge >= 0.3 is 0 Å². The van der Waals surface area contributed by atoms with E-state index in [1.165, 1.54) is 11.8 Å². The molecule has 1 aliphatic carbocycles. The van der Waals surface area contributed by atoms with Crippen molar-refractivity contribution >= 4 is 34.3 Å². The SMILES string of the molecule is CCCCn1c(=O)c2ccccc2n2c(S[C@H](C)C(=O)NC3CC3)nnc12. The van der Waals surface area contributed by atoms with Crippen molar-refractivity contribution in [3.63, 3.8) is 0 Å². The predicted octanol–water partition coefficient (Wildman–Crippen LogP) is 2.60. The second-order valence-corrected chi connectivity index (χ2v) is 8.30. The molecular weight excluding hydrogens is 362 g/mol. The molecule has 0 spiro atoms. The van der Waals surface area contributed by atoms with Crippen LogP contribution in [0.25, 0.3) is 16.7 Å². The molecule has 0 saturated heterocycles. The van der Waals surface area contributed by atoms with Gasteiger partial charge in [0.25, 0.3) is 5.56 Å². The Kier molecular flexibility index (Phi) is 4.90. The van der Waals surface area contributed by atoms with E-state index in [9.17, 15) is 9.59 Å². The van der Waals surface area contributed by atoms with Crippen LogP contribution in [0.5, 0.6) is 0 Å². The van der Waals surface area contributed by atoms with E-state index in [2.05, 4.69) is 22.4 Å². The van der Waals surface area contributed by atoms with E-state index in [1.54, 1.807) is 4.57 Å². The van der Waals surface area contributed by atoms with Gasteiger partial charge in [0.05, 0.1) is 16.2 Å². The first-order valence-corrected chi connectivity index (χ1v) is 10.3. The van der Waals surface area contributed by atoms with Gasteiger partial charge in [0, 0.05) is 12.6 Å². The second kappa shape index (κ2) is 7.34. The van der Waals surface area contributed by atoms with Gasteiger partial charge in [0.15, 0.2) is 5.16 Å². The van der Waals surface area contributed by atoms with Crippen LogP contribution in [-0.2, 0) is 11.3 Å². The first kappa shape index (κ1) is 18.0. The summed E-state index contributed by atoms with van der Waals surface area (Å²) in [6, 6.07) is 7.82. The monoisotopic (exact) mass is 385 g/mol. The minimum atomic E-state index is -0.284. The molecule has 3 aromatic rings. The topological polar surface area (TPSA) is 81.3 Å². The molecule has 0 unspecified atom stereocenters. The quantitative estimate of drug-likeness (QED) is 0.632. The molecule has 27 heavy (non-hydrogen) atoms. The zero-order chi connectivity index (χ0) is 19.0. The number of carbonyl (C=O) groups is 1. The Morgan fingerprint density at radius 3 is 2.85 bits per heavy atom. The molecule has 7 nitrogen and oxygen atoms in total. The number of amides is 1. The van der Waals surface area contributed by atoms with Crippen molar-refractivity contribution in [1.29, 1.82) is 0 Å². The number of para-hydroxylation sites is 1. The molecule has 0 radical (unpaired) electrons. The molecule has 1 fully saturated rings. The van der Waals surface area contributed by atoms with E-state index in [0.717, 1.165) is 31.2 Å². The Labute approximate surface area is 161 Å². The molecule has 1 saturated carbocycles. The summed E-state index contributed by atoms with van der Waals surface area (Å²) in [5.41, 5.74) is 0.725. The number of unbranched alkanes of at least 4 members (excludes halogenated alkanes) is 1. The van der Waals surface area contributed by atoms with Crippen LogP contribution in [0.2, 0.25) is 0 Å². The Morgan fingerprint density at radius 1 is 1.33 bits per heavy atom.